The normalized spacial score (nSPS) is 10.2. The molecule has 1 heterocycles. The van der Waals surface area contributed by atoms with Crippen molar-refractivity contribution in [2.75, 3.05) is 6.61 Å². The number of nitrogens with zero attached hydrogens (tertiary/aromatic N) is 5. The standard InChI is InChI=1S/C23H18N6O3/c30-21(15-32-23(31)19-11-13-20(14-12-19)29-16-24-27-28-29)25-26-22(17-7-3-1-4-8-17)18-9-5-2-6-10-18/h1-14,16H,15H2,(H,25,30). The highest BCUT2D eigenvalue weighted by Gasteiger charge is 2.12. The molecular weight excluding hydrogens is 408 g/mol. The smallest absolute Gasteiger partial charge is 0.338 e. The highest BCUT2D eigenvalue weighted by Crippen LogP contribution is 2.11. The second-order valence-corrected chi connectivity index (χ2v) is 6.60. The van der Waals surface area contributed by atoms with Gasteiger partial charge in [0.2, 0.25) is 0 Å². The van der Waals surface area contributed by atoms with Crippen LogP contribution >= 0.6 is 0 Å². The van der Waals surface area contributed by atoms with Crippen molar-refractivity contribution in [3.8, 4) is 5.69 Å². The molecule has 4 rings (SSSR count). The van der Waals surface area contributed by atoms with Crippen LogP contribution in [0.2, 0.25) is 0 Å². The minimum absolute atomic E-state index is 0.299. The molecule has 158 valence electrons. The number of hydrogen-bond donors (Lipinski definition) is 1. The summed E-state index contributed by atoms with van der Waals surface area (Å²) in [5, 5.41) is 15.2. The third kappa shape index (κ3) is 5.08. The van der Waals surface area contributed by atoms with Gasteiger partial charge in [-0.15, -0.1) is 5.10 Å². The monoisotopic (exact) mass is 426 g/mol. The lowest BCUT2D eigenvalue weighted by atomic mass is 10.0. The number of carbonyl (C=O) groups excluding carboxylic acids is 2. The maximum absolute atomic E-state index is 12.2. The van der Waals surface area contributed by atoms with E-state index in [4.69, 9.17) is 4.74 Å². The summed E-state index contributed by atoms with van der Waals surface area (Å²) >= 11 is 0. The van der Waals surface area contributed by atoms with Crippen molar-refractivity contribution in [1.29, 1.82) is 0 Å². The maximum atomic E-state index is 12.2. The Morgan fingerprint density at radius 1 is 0.844 bits per heavy atom. The molecule has 0 saturated carbocycles. The van der Waals surface area contributed by atoms with Gasteiger partial charge in [-0.05, 0) is 34.7 Å². The summed E-state index contributed by atoms with van der Waals surface area (Å²) in [5.74, 6) is -1.17. The first kappa shape index (κ1) is 20.6. The molecule has 4 aromatic rings. The molecule has 0 aliphatic heterocycles. The van der Waals surface area contributed by atoms with Gasteiger partial charge in [-0.25, -0.2) is 14.9 Å². The lowest BCUT2D eigenvalue weighted by Crippen LogP contribution is -2.26. The van der Waals surface area contributed by atoms with Gasteiger partial charge in [0.25, 0.3) is 5.91 Å². The van der Waals surface area contributed by atoms with Crippen molar-refractivity contribution < 1.29 is 14.3 Å². The second kappa shape index (κ2) is 9.90. The quantitative estimate of drug-likeness (QED) is 0.276. The summed E-state index contributed by atoms with van der Waals surface area (Å²) in [6.07, 6.45) is 1.44. The van der Waals surface area contributed by atoms with Gasteiger partial charge in [-0.1, -0.05) is 60.7 Å². The van der Waals surface area contributed by atoms with Crippen LogP contribution in [0.4, 0.5) is 0 Å². The van der Waals surface area contributed by atoms with Crippen molar-refractivity contribution in [2.45, 2.75) is 0 Å². The zero-order valence-corrected chi connectivity index (χ0v) is 16.8. The summed E-state index contributed by atoms with van der Waals surface area (Å²) in [6, 6.07) is 25.4. The van der Waals surface area contributed by atoms with E-state index in [-0.39, 0.29) is 0 Å². The third-order valence-electron chi connectivity index (χ3n) is 4.44. The number of ether oxygens (including phenoxy) is 1. The molecule has 9 heteroatoms. The number of hydrazone groups is 1. The molecule has 9 nitrogen and oxygen atoms in total. The SMILES string of the molecule is O=C(COC(=O)c1ccc(-n2cnnn2)cc1)NN=C(c1ccccc1)c1ccccc1. The predicted octanol–water partition coefficient (Wildman–Crippen LogP) is 2.39. The Labute approximate surface area is 183 Å². The van der Waals surface area contributed by atoms with Crippen LogP contribution in [0.1, 0.15) is 21.5 Å². The molecule has 1 aromatic heterocycles. The Balaban J connectivity index is 1.38. The average Bonchev–Trinajstić information content (AvgIpc) is 3.39. The highest BCUT2D eigenvalue weighted by molar-refractivity contribution is 6.13. The van der Waals surface area contributed by atoms with Crippen molar-refractivity contribution >= 4 is 17.6 Å². The number of esters is 1. The number of tetrazole rings is 1. The number of hydrogen-bond acceptors (Lipinski definition) is 7. The van der Waals surface area contributed by atoms with E-state index >= 15 is 0 Å². The molecule has 1 amide bonds. The predicted molar refractivity (Wildman–Crippen MR) is 116 cm³/mol. The van der Waals surface area contributed by atoms with Gasteiger partial charge in [0, 0.05) is 11.1 Å². The van der Waals surface area contributed by atoms with Gasteiger partial charge < -0.3 is 4.74 Å². The molecule has 0 saturated heterocycles. The van der Waals surface area contributed by atoms with Crippen molar-refractivity contribution in [2.24, 2.45) is 5.10 Å². The van der Waals surface area contributed by atoms with Crippen LogP contribution in [0.15, 0.2) is 96.4 Å². The topological polar surface area (TPSA) is 111 Å². The number of benzene rings is 3. The van der Waals surface area contributed by atoms with E-state index in [0.717, 1.165) is 11.1 Å². The fourth-order valence-corrected chi connectivity index (χ4v) is 2.88. The number of rotatable bonds is 7. The zero-order valence-electron chi connectivity index (χ0n) is 16.8. The molecule has 0 spiro atoms. The Morgan fingerprint density at radius 2 is 1.47 bits per heavy atom. The van der Waals surface area contributed by atoms with Crippen molar-refractivity contribution in [3.63, 3.8) is 0 Å². The van der Waals surface area contributed by atoms with Gasteiger partial charge in [-0.3, -0.25) is 4.79 Å². The molecule has 0 bridgehead atoms. The molecule has 0 aliphatic rings. The summed E-state index contributed by atoms with van der Waals surface area (Å²) in [6.45, 7) is -0.464. The summed E-state index contributed by atoms with van der Waals surface area (Å²) in [4.78, 5) is 24.5. The van der Waals surface area contributed by atoms with E-state index in [0.29, 0.717) is 17.0 Å². The van der Waals surface area contributed by atoms with Crippen LogP contribution in [-0.4, -0.2) is 44.4 Å². The van der Waals surface area contributed by atoms with E-state index in [1.54, 1.807) is 24.3 Å². The molecule has 0 fully saturated rings. The van der Waals surface area contributed by atoms with Crippen molar-refractivity contribution in [1.82, 2.24) is 25.6 Å². The van der Waals surface area contributed by atoms with Crippen LogP contribution in [0.3, 0.4) is 0 Å². The summed E-state index contributed by atoms with van der Waals surface area (Å²) in [7, 11) is 0. The van der Waals surface area contributed by atoms with Crippen LogP contribution < -0.4 is 5.43 Å². The lowest BCUT2D eigenvalue weighted by molar-refractivity contribution is -0.124. The fourth-order valence-electron chi connectivity index (χ4n) is 2.88. The minimum atomic E-state index is -0.626. The highest BCUT2D eigenvalue weighted by atomic mass is 16.5. The molecule has 3 aromatic carbocycles. The lowest BCUT2D eigenvalue weighted by Gasteiger charge is -2.08. The van der Waals surface area contributed by atoms with Crippen LogP contribution in [-0.2, 0) is 9.53 Å². The number of aromatic nitrogens is 4. The molecule has 0 radical (unpaired) electrons. The first-order valence-corrected chi connectivity index (χ1v) is 9.68. The van der Waals surface area contributed by atoms with Crippen LogP contribution in [0, 0.1) is 0 Å². The van der Waals surface area contributed by atoms with Gasteiger partial charge in [0.1, 0.15) is 6.33 Å². The molecule has 0 unspecified atom stereocenters. The Bertz CT molecular complexity index is 1170. The second-order valence-electron chi connectivity index (χ2n) is 6.60. The first-order valence-electron chi connectivity index (χ1n) is 9.68. The van der Waals surface area contributed by atoms with Crippen molar-refractivity contribution in [3.05, 3.63) is 108 Å². The Hall–Kier alpha value is -4.66. The summed E-state index contributed by atoms with van der Waals surface area (Å²) < 4.78 is 6.55. The molecule has 0 atom stereocenters. The molecule has 1 N–H and O–H groups in total. The number of carbonyl (C=O) groups is 2. The number of amides is 1. The third-order valence-corrected chi connectivity index (χ3v) is 4.44. The molecular formula is C23H18N6O3. The fraction of sp³-hybridized carbons (Fsp3) is 0.0435. The van der Waals surface area contributed by atoms with E-state index < -0.39 is 18.5 Å². The molecule has 0 aliphatic carbocycles. The van der Waals surface area contributed by atoms with Gasteiger partial charge in [-0.2, -0.15) is 5.10 Å². The Kier molecular flexibility index (Phi) is 6.37. The van der Waals surface area contributed by atoms with Crippen LogP contribution in [0.25, 0.3) is 5.69 Å². The maximum Gasteiger partial charge on any atom is 0.338 e. The van der Waals surface area contributed by atoms with Gasteiger partial charge >= 0.3 is 5.97 Å². The first-order chi connectivity index (χ1) is 15.7. The van der Waals surface area contributed by atoms with E-state index in [9.17, 15) is 9.59 Å². The molecule has 32 heavy (non-hydrogen) atoms. The van der Waals surface area contributed by atoms with Crippen LogP contribution in [0.5, 0.6) is 0 Å². The number of nitrogens with one attached hydrogen (secondary N) is 1. The summed E-state index contributed by atoms with van der Waals surface area (Å²) in [5.41, 5.74) is 5.74. The Morgan fingerprint density at radius 3 is 2.03 bits per heavy atom. The zero-order chi connectivity index (χ0) is 22.2. The minimum Gasteiger partial charge on any atom is -0.452 e. The average molecular weight is 426 g/mol. The van der Waals surface area contributed by atoms with Gasteiger partial charge in [0.15, 0.2) is 6.61 Å². The largest absolute Gasteiger partial charge is 0.452 e. The van der Waals surface area contributed by atoms with E-state index in [1.165, 1.54) is 11.0 Å². The van der Waals surface area contributed by atoms with Gasteiger partial charge in [0.05, 0.1) is 17.0 Å². The van der Waals surface area contributed by atoms with E-state index in [1.807, 2.05) is 60.7 Å². The van der Waals surface area contributed by atoms with E-state index in [2.05, 4.69) is 26.1 Å².